The molecule has 0 saturated carbocycles. The van der Waals surface area contributed by atoms with Gasteiger partial charge in [-0.25, -0.2) is 0 Å². The van der Waals surface area contributed by atoms with Crippen LogP contribution in [0.5, 0.6) is 0 Å². The summed E-state index contributed by atoms with van der Waals surface area (Å²) in [4.78, 5) is 39.4. The number of nitrogens with one attached hydrogen (secondary N) is 2. The molecule has 0 aromatic heterocycles. The van der Waals surface area contributed by atoms with Crippen LogP contribution >= 0.6 is 0 Å². The second kappa shape index (κ2) is 12.6. The van der Waals surface area contributed by atoms with E-state index in [-0.39, 0.29) is 30.6 Å². The summed E-state index contributed by atoms with van der Waals surface area (Å²) in [5.41, 5.74) is 2.55. The Labute approximate surface area is 211 Å². The number of esters is 1. The van der Waals surface area contributed by atoms with Gasteiger partial charge in [-0.1, -0.05) is 71.0 Å². The van der Waals surface area contributed by atoms with Crippen molar-refractivity contribution in [3.63, 3.8) is 0 Å². The summed E-state index contributed by atoms with van der Waals surface area (Å²) in [6, 6.07) is 7.15. The lowest BCUT2D eigenvalue weighted by Gasteiger charge is -2.35. The molecule has 7 nitrogen and oxygen atoms in total. The van der Waals surface area contributed by atoms with Crippen LogP contribution in [0.1, 0.15) is 59.9 Å². The van der Waals surface area contributed by atoms with Gasteiger partial charge >= 0.3 is 5.97 Å². The standard InChI is InChI=1S/C28H43N3O4/c1-19(17-24(33)35-10)15-16-31(9)26(34)25(27(3,4)5)30-23(32)18-28(6,7)20(2)21-13-11-12-14-22(21)29-8/h11-15,25,29H,2,16-18H2,1,3-10H3,(H,30,32)/b19-15+. The van der Waals surface area contributed by atoms with Gasteiger partial charge in [-0.3, -0.25) is 14.4 Å². The number of allylic oxidation sites excluding steroid dienone is 1. The van der Waals surface area contributed by atoms with Crippen LogP contribution in [-0.4, -0.2) is 56.5 Å². The third kappa shape index (κ3) is 8.89. The van der Waals surface area contributed by atoms with Gasteiger partial charge in [0.1, 0.15) is 6.04 Å². The molecule has 1 aromatic rings. The van der Waals surface area contributed by atoms with E-state index in [9.17, 15) is 14.4 Å². The van der Waals surface area contributed by atoms with Crippen LogP contribution in [-0.2, 0) is 19.1 Å². The number of likely N-dealkylation sites (N-methyl/N-ethyl adjacent to an activating group) is 1. The third-order valence-electron chi connectivity index (χ3n) is 6.10. The lowest BCUT2D eigenvalue weighted by Crippen LogP contribution is -2.54. The number of anilines is 1. The number of amides is 2. The maximum Gasteiger partial charge on any atom is 0.309 e. The van der Waals surface area contributed by atoms with E-state index in [1.807, 2.05) is 78.9 Å². The normalized spacial score (nSPS) is 13.0. The first-order chi connectivity index (χ1) is 16.1. The van der Waals surface area contributed by atoms with Crippen molar-refractivity contribution < 1.29 is 19.1 Å². The average molecular weight is 486 g/mol. The summed E-state index contributed by atoms with van der Waals surface area (Å²) in [7, 11) is 4.89. The monoisotopic (exact) mass is 485 g/mol. The lowest BCUT2D eigenvalue weighted by molar-refractivity contribution is -0.139. The van der Waals surface area contributed by atoms with E-state index >= 15 is 0 Å². The number of methoxy groups -OCH3 is 1. The highest BCUT2D eigenvalue weighted by atomic mass is 16.5. The number of ether oxygens (including phenoxy) is 1. The highest BCUT2D eigenvalue weighted by Crippen LogP contribution is 2.39. The summed E-state index contributed by atoms with van der Waals surface area (Å²) < 4.78 is 4.68. The van der Waals surface area contributed by atoms with E-state index < -0.39 is 16.9 Å². The van der Waals surface area contributed by atoms with Crippen molar-refractivity contribution in [1.29, 1.82) is 0 Å². The van der Waals surface area contributed by atoms with Gasteiger partial charge in [0.2, 0.25) is 11.8 Å². The van der Waals surface area contributed by atoms with Crippen LogP contribution in [0, 0.1) is 10.8 Å². The maximum absolute atomic E-state index is 13.3. The lowest BCUT2D eigenvalue weighted by atomic mass is 9.77. The first kappa shape index (κ1) is 29.9. The second-order valence-electron chi connectivity index (χ2n) is 10.7. The van der Waals surface area contributed by atoms with Gasteiger partial charge in [0.15, 0.2) is 0 Å². The van der Waals surface area contributed by atoms with Crippen molar-refractivity contribution in [3.8, 4) is 0 Å². The molecule has 0 aliphatic heterocycles. The molecule has 0 aliphatic carbocycles. The fourth-order valence-electron chi connectivity index (χ4n) is 3.67. The molecule has 0 fully saturated rings. The number of benzene rings is 1. The van der Waals surface area contributed by atoms with Gasteiger partial charge < -0.3 is 20.3 Å². The Kier molecular flexibility index (Phi) is 10.7. The van der Waals surface area contributed by atoms with Crippen molar-refractivity contribution in [1.82, 2.24) is 10.2 Å². The average Bonchev–Trinajstić information content (AvgIpc) is 2.78. The van der Waals surface area contributed by atoms with E-state index in [0.29, 0.717) is 6.54 Å². The topological polar surface area (TPSA) is 87.7 Å². The number of carbonyl (C=O) groups is 3. The first-order valence-electron chi connectivity index (χ1n) is 11.9. The van der Waals surface area contributed by atoms with Crippen molar-refractivity contribution in [2.45, 2.75) is 60.4 Å². The predicted octanol–water partition coefficient (Wildman–Crippen LogP) is 4.66. The van der Waals surface area contributed by atoms with Crippen molar-refractivity contribution >= 4 is 29.0 Å². The number of nitrogens with zero attached hydrogens (tertiary/aromatic N) is 1. The van der Waals surface area contributed by atoms with Gasteiger partial charge in [0, 0.05) is 38.3 Å². The highest BCUT2D eigenvalue weighted by Gasteiger charge is 2.36. The number of para-hydroxylation sites is 1. The molecule has 1 atom stereocenters. The molecule has 2 N–H and O–H groups in total. The van der Waals surface area contributed by atoms with Crippen molar-refractivity contribution in [2.24, 2.45) is 10.8 Å². The molecule has 35 heavy (non-hydrogen) atoms. The zero-order valence-corrected chi connectivity index (χ0v) is 22.9. The quantitative estimate of drug-likeness (QED) is 0.352. The van der Waals surface area contributed by atoms with Crippen molar-refractivity contribution in [2.75, 3.05) is 33.1 Å². The van der Waals surface area contributed by atoms with Crippen LogP contribution in [0.15, 0.2) is 42.5 Å². The SMILES string of the molecule is C=C(c1ccccc1NC)C(C)(C)CC(=O)NC(C(=O)N(C)C/C=C(\C)CC(=O)OC)C(C)(C)C. The summed E-state index contributed by atoms with van der Waals surface area (Å²) in [6.07, 6.45) is 2.18. The van der Waals surface area contributed by atoms with Crippen molar-refractivity contribution in [3.05, 3.63) is 48.1 Å². The van der Waals surface area contributed by atoms with Crippen LogP contribution < -0.4 is 10.6 Å². The van der Waals surface area contributed by atoms with Crippen LogP contribution in [0.4, 0.5) is 5.69 Å². The molecule has 0 aliphatic rings. The summed E-state index contributed by atoms with van der Waals surface area (Å²) in [5.74, 6) is -0.726. The molecule has 0 radical (unpaired) electrons. The minimum atomic E-state index is -0.706. The molecule has 1 rings (SSSR count). The Morgan fingerprint density at radius 2 is 1.74 bits per heavy atom. The van der Waals surface area contributed by atoms with Crippen LogP contribution in [0.25, 0.3) is 5.57 Å². The second-order valence-corrected chi connectivity index (χ2v) is 10.7. The van der Waals surface area contributed by atoms with Crippen LogP contribution in [0.2, 0.25) is 0 Å². The number of hydrogen-bond acceptors (Lipinski definition) is 5. The first-order valence-corrected chi connectivity index (χ1v) is 11.9. The van der Waals surface area contributed by atoms with Gasteiger partial charge in [-0.15, -0.1) is 0 Å². The van der Waals surface area contributed by atoms with E-state index in [2.05, 4.69) is 21.9 Å². The Balaban J connectivity index is 2.96. The Hall–Kier alpha value is -3.09. The van der Waals surface area contributed by atoms with E-state index in [1.54, 1.807) is 11.9 Å². The molecule has 2 amide bonds. The molecule has 194 valence electrons. The van der Waals surface area contributed by atoms with Gasteiger partial charge in [0.05, 0.1) is 13.5 Å². The third-order valence-corrected chi connectivity index (χ3v) is 6.10. The van der Waals surface area contributed by atoms with Gasteiger partial charge in [-0.2, -0.15) is 0 Å². The minimum absolute atomic E-state index is 0.174. The Bertz CT molecular complexity index is 957. The maximum atomic E-state index is 13.3. The fraction of sp³-hybridized carbons (Fsp3) is 0.536. The molecule has 0 spiro atoms. The molecule has 1 unspecified atom stereocenters. The van der Waals surface area contributed by atoms with E-state index in [0.717, 1.165) is 22.4 Å². The molecule has 0 bridgehead atoms. The Morgan fingerprint density at radius 1 is 1.14 bits per heavy atom. The molecular weight excluding hydrogens is 442 g/mol. The molecule has 0 saturated heterocycles. The number of hydrogen-bond donors (Lipinski definition) is 2. The molecule has 7 heteroatoms. The van der Waals surface area contributed by atoms with Gasteiger partial charge in [0.25, 0.3) is 0 Å². The van der Waals surface area contributed by atoms with Crippen LogP contribution in [0.3, 0.4) is 0 Å². The minimum Gasteiger partial charge on any atom is -0.469 e. The molecular formula is C28H43N3O4. The predicted molar refractivity (Wildman–Crippen MR) is 143 cm³/mol. The fourth-order valence-corrected chi connectivity index (χ4v) is 3.67. The van der Waals surface area contributed by atoms with E-state index in [1.165, 1.54) is 7.11 Å². The summed E-state index contributed by atoms with van der Waals surface area (Å²) >= 11 is 0. The smallest absolute Gasteiger partial charge is 0.309 e. The molecule has 0 heterocycles. The number of rotatable bonds is 11. The summed E-state index contributed by atoms with van der Waals surface area (Å²) in [5, 5.41) is 6.15. The summed E-state index contributed by atoms with van der Waals surface area (Å²) in [6.45, 7) is 16.2. The molecule has 1 aromatic carbocycles. The van der Waals surface area contributed by atoms with E-state index in [4.69, 9.17) is 0 Å². The number of carbonyl (C=O) groups excluding carboxylic acids is 3. The largest absolute Gasteiger partial charge is 0.469 e. The highest BCUT2D eigenvalue weighted by molar-refractivity contribution is 5.90. The zero-order chi connectivity index (χ0) is 27.0. The zero-order valence-electron chi connectivity index (χ0n) is 22.9. The van der Waals surface area contributed by atoms with Gasteiger partial charge in [-0.05, 0) is 29.4 Å². The Morgan fingerprint density at radius 3 is 2.29 bits per heavy atom.